The fourth-order valence-electron chi connectivity index (χ4n) is 1.97. The predicted molar refractivity (Wildman–Crippen MR) is 64.3 cm³/mol. The van der Waals surface area contributed by atoms with E-state index in [1.165, 1.54) is 0 Å². The smallest absolute Gasteiger partial charge is 0.225 e. The zero-order valence-electron chi connectivity index (χ0n) is 10.7. The monoisotopic (exact) mass is 228 g/mol. The highest BCUT2D eigenvalue weighted by atomic mass is 16.5. The summed E-state index contributed by atoms with van der Waals surface area (Å²) in [5.74, 6) is 0.345. The minimum absolute atomic E-state index is 0.0936. The number of carbonyl (C=O) groups excluding carboxylic acids is 1. The molecule has 0 saturated carbocycles. The Labute approximate surface area is 98.3 Å². The molecule has 0 bridgehead atoms. The van der Waals surface area contributed by atoms with Gasteiger partial charge in [-0.3, -0.25) is 4.79 Å². The van der Waals surface area contributed by atoms with Gasteiger partial charge in [0.25, 0.3) is 0 Å². The van der Waals surface area contributed by atoms with Crippen LogP contribution >= 0.6 is 0 Å². The van der Waals surface area contributed by atoms with E-state index in [4.69, 9.17) is 4.74 Å². The summed E-state index contributed by atoms with van der Waals surface area (Å²) < 4.78 is 5.66. The molecule has 4 heteroatoms. The molecule has 0 aromatic rings. The normalized spacial score (nSPS) is 21.5. The molecule has 16 heavy (non-hydrogen) atoms. The Hall–Kier alpha value is -0.610. The standard InChI is InChI=1S/C12H24N2O2/c1-10(2)12(15)14-7-8-16-11(9-14)5-4-6-13-3/h10-11,13H,4-9H2,1-3H3. The third kappa shape index (κ3) is 4.10. The summed E-state index contributed by atoms with van der Waals surface area (Å²) in [6.07, 6.45) is 2.36. The van der Waals surface area contributed by atoms with Crippen molar-refractivity contribution in [3.8, 4) is 0 Å². The summed E-state index contributed by atoms with van der Waals surface area (Å²) in [7, 11) is 1.95. The largest absolute Gasteiger partial charge is 0.375 e. The highest BCUT2D eigenvalue weighted by Gasteiger charge is 2.25. The van der Waals surface area contributed by atoms with Crippen molar-refractivity contribution in [2.45, 2.75) is 32.8 Å². The van der Waals surface area contributed by atoms with Crippen molar-refractivity contribution >= 4 is 5.91 Å². The van der Waals surface area contributed by atoms with Crippen molar-refractivity contribution in [2.24, 2.45) is 5.92 Å². The lowest BCUT2D eigenvalue weighted by atomic mass is 10.1. The summed E-state index contributed by atoms with van der Waals surface area (Å²) in [5, 5.41) is 3.12. The van der Waals surface area contributed by atoms with Gasteiger partial charge in [0, 0.05) is 19.0 Å². The quantitative estimate of drug-likeness (QED) is 0.710. The molecule has 4 nitrogen and oxygen atoms in total. The summed E-state index contributed by atoms with van der Waals surface area (Å²) in [6.45, 7) is 7.11. The first kappa shape index (κ1) is 13.5. The number of amides is 1. The molecule has 1 aliphatic rings. The Morgan fingerprint density at radius 1 is 1.56 bits per heavy atom. The zero-order valence-corrected chi connectivity index (χ0v) is 10.7. The minimum Gasteiger partial charge on any atom is -0.375 e. The van der Waals surface area contributed by atoms with E-state index in [1.807, 2.05) is 25.8 Å². The molecule has 1 aliphatic heterocycles. The average Bonchev–Trinajstić information content (AvgIpc) is 2.29. The van der Waals surface area contributed by atoms with Gasteiger partial charge in [-0.1, -0.05) is 13.8 Å². The van der Waals surface area contributed by atoms with E-state index in [0.717, 1.165) is 32.5 Å². The lowest BCUT2D eigenvalue weighted by molar-refractivity contribution is -0.142. The molecule has 1 saturated heterocycles. The summed E-state index contributed by atoms with van der Waals surface area (Å²) in [4.78, 5) is 13.8. The van der Waals surface area contributed by atoms with E-state index in [0.29, 0.717) is 6.61 Å². The maximum Gasteiger partial charge on any atom is 0.225 e. The maximum atomic E-state index is 11.8. The minimum atomic E-state index is 0.0936. The molecule has 1 rings (SSSR count). The zero-order chi connectivity index (χ0) is 12.0. The van der Waals surface area contributed by atoms with E-state index in [2.05, 4.69) is 5.32 Å². The summed E-state index contributed by atoms with van der Waals surface area (Å²) >= 11 is 0. The third-order valence-electron chi connectivity index (χ3n) is 2.90. The van der Waals surface area contributed by atoms with Crippen LogP contribution in [-0.4, -0.2) is 50.2 Å². The van der Waals surface area contributed by atoms with Gasteiger partial charge < -0.3 is 15.0 Å². The number of hydrogen-bond acceptors (Lipinski definition) is 3. The van der Waals surface area contributed by atoms with E-state index in [-0.39, 0.29) is 17.9 Å². The number of nitrogens with zero attached hydrogens (tertiary/aromatic N) is 1. The molecule has 1 heterocycles. The van der Waals surface area contributed by atoms with Crippen molar-refractivity contribution in [3.05, 3.63) is 0 Å². The summed E-state index contributed by atoms with van der Waals surface area (Å²) in [6, 6.07) is 0. The van der Waals surface area contributed by atoms with Crippen LogP contribution < -0.4 is 5.32 Å². The van der Waals surface area contributed by atoms with Gasteiger partial charge in [0.05, 0.1) is 12.7 Å². The number of carbonyl (C=O) groups is 1. The molecule has 94 valence electrons. The molecule has 0 radical (unpaired) electrons. The Morgan fingerprint density at radius 3 is 2.94 bits per heavy atom. The molecule has 1 fully saturated rings. The number of hydrogen-bond donors (Lipinski definition) is 1. The molecule has 0 aromatic heterocycles. The number of rotatable bonds is 5. The van der Waals surface area contributed by atoms with E-state index < -0.39 is 0 Å². The Bertz CT molecular complexity index is 219. The van der Waals surface area contributed by atoms with Crippen molar-refractivity contribution in [1.29, 1.82) is 0 Å². The molecular formula is C12H24N2O2. The molecule has 0 aromatic carbocycles. The first-order valence-corrected chi connectivity index (χ1v) is 6.20. The highest BCUT2D eigenvalue weighted by molar-refractivity contribution is 5.78. The Kier molecular flexibility index (Phi) is 5.77. The van der Waals surface area contributed by atoms with Crippen LogP contribution in [0.2, 0.25) is 0 Å². The van der Waals surface area contributed by atoms with Crippen molar-refractivity contribution in [1.82, 2.24) is 10.2 Å². The fraction of sp³-hybridized carbons (Fsp3) is 0.917. The Balaban J connectivity index is 2.32. The van der Waals surface area contributed by atoms with Crippen molar-refractivity contribution < 1.29 is 9.53 Å². The van der Waals surface area contributed by atoms with Gasteiger partial charge >= 0.3 is 0 Å². The molecule has 1 amide bonds. The number of nitrogens with one attached hydrogen (secondary N) is 1. The lowest BCUT2D eigenvalue weighted by Gasteiger charge is -2.34. The van der Waals surface area contributed by atoms with Crippen LogP contribution in [0.4, 0.5) is 0 Å². The molecule has 1 N–H and O–H groups in total. The van der Waals surface area contributed by atoms with Crippen LogP contribution in [0.5, 0.6) is 0 Å². The van der Waals surface area contributed by atoms with Crippen LogP contribution in [0.15, 0.2) is 0 Å². The average molecular weight is 228 g/mol. The lowest BCUT2D eigenvalue weighted by Crippen LogP contribution is -2.47. The molecule has 1 unspecified atom stereocenters. The second-order valence-electron chi connectivity index (χ2n) is 4.68. The third-order valence-corrected chi connectivity index (χ3v) is 2.90. The van der Waals surface area contributed by atoms with Gasteiger partial charge in [-0.25, -0.2) is 0 Å². The second kappa shape index (κ2) is 6.86. The van der Waals surface area contributed by atoms with Gasteiger partial charge in [0.15, 0.2) is 0 Å². The van der Waals surface area contributed by atoms with Crippen LogP contribution in [0, 0.1) is 5.92 Å². The van der Waals surface area contributed by atoms with Crippen LogP contribution in [-0.2, 0) is 9.53 Å². The second-order valence-corrected chi connectivity index (χ2v) is 4.68. The number of morpholine rings is 1. The van der Waals surface area contributed by atoms with Gasteiger partial charge in [0.1, 0.15) is 0 Å². The van der Waals surface area contributed by atoms with Crippen LogP contribution in [0.1, 0.15) is 26.7 Å². The topological polar surface area (TPSA) is 41.6 Å². The van der Waals surface area contributed by atoms with E-state index in [1.54, 1.807) is 0 Å². The highest BCUT2D eigenvalue weighted by Crippen LogP contribution is 2.12. The SMILES string of the molecule is CNCCCC1CN(C(=O)C(C)C)CCO1. The number of ether oxygens (including phenoxy) is 1. The van der Waals surface area contributed by atoms with Gasteiger partial charge in [-0.15, -0.1) is 0 Å². The van der Waals surface area contributed by atoms with Crippen molar-refractivity contribution in [3.63, 3.8) is 0 Å². The Morgan fingerprint density at radius 2 is 2.31 bits per heavy atom. The van der Waals surface area contributed by atoms with Gasteiger partial charge in [0.2, 0.25) is 5.91 Å². The molecule has 0 spiro atoms. The maximum absolute atomic E-state index is 11.8. The van der Waals surface area contributed by atoms with Crippen LogP contribution in [0.3, 0.4) is 0 Å². The first-order valence-electron chi connectivity index (χ1n) is 6.20. The molecule has 0 aliphatic carbocycles. The van der Waals surface area contributed by atoms with Crippen LogP contribution in [0.25, 0.3) is 0 Å². The van der Waals surface area contributed by atoms with E-state index in [9.17, 15) is 4.79 Å². The van der Waals surface area contributed by atoms with Gasteiger partial charge in [-0.05, 0) is 26.4 Å². The first-order chi connectivity index (χ1) is 7.65. The molecular weight excluding hydrogens is 204 g/mol. The van der Waals surface area contributed by atoms with Crippen molar-refractivity contribution in [2.75, 3.05) is 33.3 Å². The summed E-state index contributed by atoms with van der Waals surface area (Å²) in [5.41, 5.74) is 0. The van der Waals surface area contributed by atoms with E-state index >= 15 is 0 Å². The molecule has 1 atom stereocenters. The fourth-order valence-corrected chi connectivity index (χ4v) is 1.97. The predicted octanol–water partition coefficient (Wildman–Crippen LogP) is 0.869. The van der Waals surface area contributed by atoms with Gasteiger partial charge in [-0.2, -0.15) is 0 Å².